The molecule has 0 N–H and O–H groups in total. The first-order valence-corrected chi connectivity index (χ1v) is 7.59. The summed E-state index contributed by atoms with van der Waals surface area (Å²) in [7, 11) is 6.14. The molecule has 0 spiro atoms. The van der Waals surface area contributed by atoms with Crippen molar-refractivity contribution < 1.29 is 23.7 Å². The van der Waals surface area contributed by atoms with Gasteiger partial charge in [0.1, 0.15) is 11.3 Å². The summed E-state index contributed by atoms with van der Waals surface area (Å²) in [5, 5.41) is 0. The SMILES string of the molecule is COC(=O)c1ccc(CCc2ccc(OC)c(OC)c2)cc1OC. The van der Waals surface area contributed by atoms with Gasteiger partial charge in [-0.25, -0.2) is 4.79 Å². The molecule has 0 heterocycles. The Morgan fingerprint density at radius 2 is 1.29 bits per heavy atom. The third-order valence-electron chi connectivity index (χ3n) is 3.82. The number of rotatable bonds is 7. The Morgan fingerprint density at radius 3 is 1.83 bits per heavy atom. The number of esters is 1. The molecule has 5 nitrogen and oxygen atoms in total. The van der Waals surface area contributed by atoms with Crippen molar-refractivity contribution in [2.75, 3.05) is 28.4 Å². The zero-order chi connectivity index (χ0) is 17.5. The molecule has 0 aromatic heterocycles. The van der Waals surface area contributed by atoms with E-state index < -0.39 is 5.97 Å². The number of hydrogen-bond acceptors (Lipinski definition) is 5. The molecule has 0 saturated heterocycles. The maximum atomic E-state index is 11.7. The van der Waals surface area contributed by atoms with Crippen molar-refractivity contribution in [1.82, 2.24) is 0 Å². The van der Waals surface area contributed by atoms with Gasteiger partial charge in [0, 0.05) is 0 Å². The van der Waals surface area contributed by atoms with Crippen LogP contribution in [0.15, 0.2) is 36.4 Å². The van der Waals surface area contributed by atoms with Gasteiger partial charge in [-0.05, 0) is 48.2 Å². The number of carbonyl (C=O) groups is 1. The van der Waals surface area contributed by atoms with E-state index in [-0.39, 0.29) is 0 Å². The Labute approximate surface area is 142 Å². The lowest BCUT2D eigenvalue weighted by molar-refractivity contribution is 0.0597. The monoisotopic (exact) mass is 330 g/mol. The molecule has 0 fully saturated rings. The minimum atomic E-state index is -0.404. The molecule has 0 bridgehead atoms. The molecule has 24 heavy (non-hydrogen) atoms. The molecular weight excluding hydrogens is 308 g/mol. The third-order valence-corrected chi connectivity index (χ3v) is 3.82. The van der Waals surface area contributed by atoms with Crippen LogP contribution in [0.25, 0.3) is 0 Å². The van der Waals surface area contributed by atoms with E-state index in [4.69, 9.17) is 18.9 Å². The number of ether oxygens (including phenoxy) is 4. The number of methoxy groups -OCH3 is 4. The normalized spacial score (nSPS) is 10.2. The molecule has 0 aliphatic heterocycles. The number of benzene rings is 2. The Kier molecular flexibility index (Phi) is 6.07. The molecule has 5 heteroatoms. The van der Waals surface area contributed by atoms with Gasteiger partial charge >= 0.3 is 5.97 Å². The predicted octanol–water partition coefficient (Wildman–Crippen LogP) is 3.28. The van der Waals surface area contributed by atoms with Crippen LogP contribution in [0.2, 0.25) is 0 Å². The maximum Gasteiger partial charge on any atom is 0.341 e. The largest absolute Gasteiger partial charge is 0.496 e. The van der Waals surface area contributed by atoms with Gasteiger partial charge in [0.05, 0.1) is 28.4 Å². The van der Waals surface area contributed by atoms with Crippen LogP contribution in [0.3, 0.4) is 0 Å². The van der Waals surface area contributed by atoms with E-state index in [1.54, 1.807) is 27.4 Å². The first-order valence-electron chi connectivity index (χ1n) is 7.59. The molecule has 128 valence electrons. The second-order valence-corrected chi connectivity index (χ2v) is 5.22. The van der Waals surface area contributed by atoms with Crippen LogP contribution in [-0.2, 0) is 17.6 Å². The highest BCUT2D eigenvalue weighted by molar-refractivity contribution is 5.92. The minimum absolute atomic E-state index is 0.404. The fraction of sp³-hybridized carbons (Fsp3) is 0.316. The Balaban J connectivity index is 2.13. The van der Waals surface area contributed by atoms with Crippen LogP contribution in [0.4, 0.5) is 0 Å². The molecule has 2 aromatic carbocycles. The highest BCUT2D eigenvalue weighted by Crippen LogP contribution is 2.28. The summed E-state index contributed by atoms with van der Waals surface area (Å²) in [5.41, 5.74) is 2.65. The Hall–Kier alpha value is -2.69. The summed E-state index contributed by atoms with van der Waals surface area (Å²) >= 11 is 0. The second kappa shape index (κ2) is 8.24. The van der Waals surface area contributed by atoms with Gasteiger partial charge in [-0.15, -0.1) is 0 Å². The van der Waals surface area contributed by atoms with E-state index >= 15 is 0 Å². The van der Waals surface area contributed by atoms with Crippen molar-refractivity contribution in [3.05, 3.63) is 53.1 Å². The molecule has 2 aromatic rings. The van der Waals surface area contributed by atoms with Crippen molar-refractivity contribution in [2.45, 2.75) is 12.8 Å². The van der Waals surface area contributed by atoms with E-state index in [0.717, 1.165) is 24.0 Å². The molecule has 2 rings (SSSR count). The number of hydrogen-bond donors (Lipinski definition) is 0. The fourth-order valence-corrected chi connectivity index (χ4v) is 2.49. The molecule has 0 amide bonds. The zero-order valence-corrected chi connectivity index (χ0v) is 14.4. The molecular formula is C19H22O5. The van der Waals surface area contributed by atoms with Crippen LogP contribution in [-0.4, -0.2) is 34.4 Å². The summed E-state index contributed by atoms with van der Waals surface area (Å²) in [6, 6.07) is 11.4. The van der Waals surface area contributed by atoms with Gasteiger partial charge in [0.2, 0.25) is 0 Å². The van der Waals surface area contributed by atoms with E-state index in [1.165, 1.54) is 7.11 Å². The van der Waals surface area contributed by atoms with Crippen molar-refractivity contribution in [2.24, 2.45) is 0 Å². The topological polar surface area (TPSA) is 54.0 Å². The summed E-state index contributed by atoms with van der Waals surface area (Å²) in [4.78, 5) is 11.7. The summed E-state index contributed by atoms with van der Waals surface area (Å²) in [6.07, 6.45) is 1.65. The Morgan fingerprint density at radius 1 is 0.750 bits per heavy atom. The fourth-order valence-electron chi connectivity index (χ4n) is 2.49. The lowest BCUT2D eigenvalue weighted by Crippen LogP contribution is -2.05. The second-order valence-electron chi connectivity index (χ2n) is 5.22. The summed E-state index contributed by atoms with van der Waals surface area (Å²) < 4.78 is 20.6. The number of carbonyl (C=O) groups excluding carboxylic acids is 1. The molecule has 0 aliphatic carbocycles. The molecule has 0 radical (unpaired) electrons. The van der Waals surface area contributed by atoms with Gasteiger partial charge < -0.3 is 18.9 Å². The van der Waals surface area contributed by atoms with Crippen LogP contribution in [0, 0.1) is 0 Å². The van der Waals surface area contributed by atoms with Crippen LogP contribution in [0.5, 0.6) is 17.2 Å². The zero-order valence-electron chi connectivity index (χ0n) is 14.4. The smallest absolute Gasteiger partial charge is 0.341 e. The van der Waals surface area contributed by atoms with E-state index in [0.29, 0.717) is 22.8 Å². The quantitative estimate of drug-likeness (QED) is 0.729. The average Bonchev–Trinajstić information content (AvgIpc) is 2.65. The van der Waals surface area contributed by atoms with E-state index in [9.17, 15) is 4.79 Å². The van der Waals surface area contributed by atoms with Crippen LogP contribution < -0.4 is 14.2 Å². The van der Waals surface area contributed by atoms with Gasteiger partial charge in [-0.3, -0.25) is 0 Å². The predicted molar refractivity (Wildman–Crippen MR) is 91.3 cm³/mol. The summed E-state index contributed by atoms with van der Waals surface area (Å²) in [5.74, 6) is 1.55. The van der Waals surface area contributed by atoms with Crippen molar-refractivity contribution >= 4 is 5.97 Å². The van der Waals surface area contributed by atoms with Crippen molar-refractivity contribution in [3.63, 3.8) is 0 Å². The number of aryl methyl sites for hydroxylation is 2. The Bertz CT molecular complexity index is 709. The van der Waals surface area contributed by atoms with Gasteiger partial charge in [0.15, 0.2) is 11.5 Å². The van der Waals surface area contributed by atoms with Crippen LogP contribution in [0.1, 0.15) is 21.5 Å². The van der Waals surface area contributed by atoms with E-state index in [1.807, 2.05) is 30.3 Å². The van der Waals surface area contributed by atoms with Crippen molar-refractivity contribution in [1.29, 1.82) is 0 Å². The minimum Gasteiger partial charge on any atom is -0.496 e. The maximum absolute atomic E-state index is 11.7. The molecule has 0 unspecified atom stereocenters. The van der Waals surface area contributed by atoms with Gasteiger partial charge in [0.25, 0.3) is 0 Å². The molecule has 0 saturated carbocycles. The lowest BCUT2D eigenvalue weighted by Gasteiger charge is -2.11. The lowest BCUT2D eigenvalue weighted by atomic mass is 10.0. The van der Waals surface area contributed by atoms with Gasteiger partial charge in [-0.2, -0.15) is 0 Å². The first-order chi connectivity index (χ1) is 11.6. The van der Waals surface area contributed by atoms with Gasteiger partial charge in [-0.1, -0.05) is 12.1 Å². The summed E-state index contributed by atoms with van der Waals surface area (Å²) in [6.45, 7) is 0. The first kappa shape index (κ1) is 17.7. The molecule has 0 aliphatic rings. The average molecular weight is 330 g/mol. The van der Waals surface area contributed by atoms with Crippen molar-refractivity contribution in [3.8, 4) is 17.2 Å². The standard InChI is InChI=1S/C19H22O5/c1-21-16-10-8-14(12-18(16)23-3)6-5-13-7-9-15(19(20)24-4)17(11-13)22-2/h7-12H,5-6H2,1-4H3. The third kappa shape index (κ3) is 3.98. The molecule has 0 atom stereocenters. The van der Waals surface area contributed by atoms with E-state index in [2.05, 4.69) is 0 Å². The highest BCUT2D eigenvalue weighted by Gasteiger charge is 2.13. The van der Waals surface area contributed by atoms with Crippen LogP contribution >= 0.6 is 0 Å². The highest BCUT2D eigenvalue weighted by atomic mass is 16.5.